The molecular formula is C17H29N3O3. The van der Waals surface area contributed by atoms with E-state index in [-0.39, 0.29) is 11.9 Å². The Morgan fingerprint density at radius 3 is 2.61 bits per heavy atom. The van der Waals surface area contributed by atoms with Crippen LogP contribution in [0.4, 0.5) is 0 Å². The van der Waals surface area contributed by atoms with Crippen LogP contribution in [-0.4, -0.2) is 46.2 Å². The fourth-order valence-corrected chi connectivity index (χ4v) is 3.06. The van der Waals surface area contributed by atoms with Crippen molar-refractivity contribution < 1.29 is 14.6 Å². The van der Waals surface area contributed by atoms with Crippen molar-refractivity contribution >= 4 is 5.91 Å². The Kier molecular flexibility index (Phi) is 5.16. The molecule has 1 aromatic heterocycles. The van der Waals surface area contributed by atoms with Gasteiger partial charge in [-0.3, -0.25) is 9.48 Å². The van der Waals surface area contributed by atoms with E-state index in [4.69, 9.17) is 4.74 Å². The van der Waals surface area contributed by atoms with Gasteiger partial charge in [-0.05, 0) is 26.8 Å². The second-order valence-corrected chi connectivity index (χ2v) is 7.42. The highest BCUT2D eigenvalue weighted by Gasteiger charge is 2.44. The van der Waals surface area contributed by atoms with Crippen LogP contribution in [0.15, 0.2) is 6.07 Å². The molecule has 0 atom stereocenters. The topological polar surface area (TPSA) is 76.4 Å². The molecule has 2 rings (SSSR count). The summed E-state index contributed by atoms with van der Waals surface area (Å²) in [7, 11) is 0. The summed E-state index contributed by atoms with van der Waals surface area (Å²) in [6, 6.07) is 2.02. The van der Waals surface area contributed by atoms with Crippen LogP contribution in [0.3, 0.4) is 0 Å². The molecule has 0 spiro atoms. The van der Waals surface area contributed by atoms with E-state index in [9.17, 15) is 9.90 Å². The molecule has 1 aliphatic heterocycles. The normalized spacial score (nSPS) is 18.2. The molecule has 0 radical (unpaired) electrons. The zero-order valence-electron chi connectivity index (χ0n) is 14.8. The van der Waals surface area contributed by atoms with Gasteiger partial charge in [0, 0.05) is 49.8 Å². The molecule has 1 amide bonds. The largest absolute Gasteiger partial charge is 0.389 e. The molecule has 0 bridgehead atoms. The minimum absolute atomic E-state index is 0.198. The van der Waals surface area contributed by atoms with Crippen LogP contribution in [0.25, 0.3) is 0 Å². The third-order valence-electron chi connectivity index (χ3n) is 4.91. The van der Waals surface area contributed by atoms with Crippen LogP contribution < -0.4 is 5.32 Å². The first kappa shape index (κ1) is 17.9. The lowest BCUT2D eigenvalue weighted by Gasteiger charge is -2.45. The Morgan fingerprint density at radius 2 is 2.09 bits per heavy atom. The second kappa shape index (κ2) is 6.61. The van der Waals surface area contributed by atoms with E-state index in [0.29, 0.717) is 38.3 Å². The highest BCUT2D eigenvalue weighted by molar-refractivity contribution is 5.92. The molecule has 0 saturated carbocycles. The van der Waals surface area contributed by atoms with Gasteiger partial charge >= 0.3 is 0 Å². The van der Waals surface area contributed by atoms with Gasteiger partial charge in [0.15, 0.2) is 0 Å². The van der Waals surface area contributed by atoms with Gasteiger partial charge in [-0.25, -0.2) is 0 Å². The number of carbonyl (C=O) groups is 1. The summed E-state index contributed by atoms with van der Waals surface area (Å²) in [5, 5.41) is 18.1. The van der Waals surface area contributed by atoms with Crippen LogP contribution >= 0.6 is 0 Å². The quantitative estimate of drug-likeness (QED) is 0.870. The molecule has 1 aromatic rings. The van der Waals surface area contributed by atoms with Crippen LogP contribution in [0.2, 0.25) is 0 Å². The van der Waals surface area contributed by atoms with Gasteiger partial charge in [-0.1, -0.05) is 13.8 Å². The number of carbonyl (C=O) groups excluding carboxylic acids is 1. The number of aryl methyl sites for hydroxylation is 1. The minimum Gasteiger partial charge on any atom is -0.389 e. The van der Waals surface area contributed by atoms with Crippen molar-refractivity contribution in [2.45, 2.75) is 59.1 Å². The zero-order chi connectivity index (χ0) is 17.3. The maximum atomic E-state index is 12.4. The standard InChI is InChI=1S/C17H29N3O3/c1-12(2)20-13(3)10-14(19-20)15(21)18-11-16(4,5)17(22)6-8-23-9-7-17/h10,12,22H,6-9,11H2,1-5H3,(H,18,21). The highest BCUT2D eigenvalue weighted by atomic mass is 16.5. The van der Waals surface area contributed by atoms with E-state index in [1.807, 2.05) is 39.3 Å². The van der Waals surface area contributed by atoms with Gasteiger partial charge in [0.25, 0.3) is 5.91 Å². The molecule has 1 saturated heterocycles. The summed E-state index contributed by atoms with van der Waals surface area (Å²) in [4.78, 5) is 12.4. The molecule has 1 aliphatic rings. The van der Waals surface area contributed by atoms with Crippen molar-refractivity contribution in [1.29, 1.82) is 0 Å². The Morgan fingerprint density at radius 1 is 1.48 bits per heavy atom. The van der Waals surface area contributed by atoms with Crippen molar-refractivity contribution in [3.63, 3.8) is 0 Å². The van der Waals surface area contributed by atoms with Crippen molar-refractivity contribution in [3.05, 3.63) is 17.5 Å². The van der Waals surface area contributed by atoms with Crippen molar-refractivity contribution in [3.8, 4) is 0 Å². The fraction of sp³-hybridized carbons (Fsp3) is 0.765. The first-order valence-corrected chi connectivity index (χ1v) is 8.31. The SMILES string of the molecule is Cc1cc(C(=O)NCC(C)(C)C2(O)CCOCC2)nn1C(C)C. The lowest BCUT2D eigenvalue weighted by Crippen LogP contribution is -2.53. The lowest BCUT2D eigenvalue weighted by atomic mass is 9.70. The van der Waals surface area contributed by atoms with Crippen LogP contribution in [0, 0.1) is 12.3 Å². The van der Waals surface area contributed by atoms with Gasteiger partial charge < -0.3 is 15.2 Å². The Hall–Kier alpha value is -1.40. The molecule has 6 nitrogen and oxygen atoms in total. The van der Waals surface area contributed by atoms with Gasteiger partial charge in [-0.15, -0.1) is 0 Å². The molecule has 130 valence electrons. The first-order valence-electron chi connectivity index (χ1n) is 8.31. The van der Waals surface area contributed by atoms with E-state index >= 15 is 0 Å². The third kappa shape index (κ3) is 3.75. The highest BCUT2D eigenvalue weighted by Crippen LogP contribution is 2.38. The smallest absolute Gasteiger partial charge is 0.271 e. The number of aliphatic hydroxyl groups is 1. The van der Waals surface area contributed by atoms with Crippen molar-refractivity contribution in [2.24, 2.45) is 5.41 Å². The molecule has 0 unspecified atom stereocenters. The Balaban J connectivity index is 2.02. The number of hydrogen-bond donors (Lipinski definition) is 2. The molecule has 0 aliphatic carbocycles. The molecular weight excluding hydrogens is 294 g/mol. The summed E-state index contributed by atoms with van der Waals surface area (Å²) < 4.78 is 7.17. The number of ether oxygens (including phenoxy) is 1. The van der Waals surface area contributed by atoms with E-state index < -0.39 is 11.0 Å². The summed E-state index contributed by atoms with van der Waals surface area (Å²) in [6.45, 7) is 11.5. The third-order valence-corrected chi connectivity index (χ3v) is 4.91. The number of hydrogen-bond acceptors (Lipinski definition) is 4. The van der Waals surface area contributed by atoms with Crippen molar-refractivity contribution in [1.82, 2.24) is 15.1 Å². The van der Waals surface area contributed by atoms with Crippen LogP contribution in [0.5, 0.6) is 0 Å². The summed E-state index contributed by atoms with van der Waals surface area (Å²) >= 11 is 0. The minimum atomic E-state index is -0.814. The monoisotopic (exact) mass is 323 g/mol. The van der Waals surface area contributed by atoms with Gasteiger partial charge in [0.05, 0.1) is 5.60 Å². The fourth-order valence-electron chi connectivity index (χ4n) is 3.06. The Bertz CT molecular complexity index is 557. The predicted molar refractivity (Wildman–Crippen MR) is 88.5 cm³/mol. The number of nitrogens with zero attached hydrogens (tertiary/aromatic N) is 2. The van der Waals surface area contributed by atoms with E-state index in [2.05, 4.69) is 10.4 Å². The molecule has 23 heavy (non-hydrogen) atoms. The second-order valence-electron chi connectivity index (χ2n) is 7.42. The van der Waals surface area contributed by atoms with Crippen LogP contribution in [0.1, 0.15) is 62.8 Å². The van der Waals surface area contributed by atoms with E-state index in [1.54, 1.807) is 6.07 Å². The number of aromatic nitrogens is 2. The molecule has 1 fully saturated rings. The molecule has 6 heteroatoms. The maximum Gasteiger partial charge on any atom is 0.271 e. The lowest BCUT2D eigenvalue weighted by molar-refractivity contribution is -0.130. The predicted octanol–water partition coefficient (Wildman–Crippen LogP) is 2.07. The van der Waals surface area contributed by atoms with Crippen LogP contribution in [-0.2, 0) is 4.74 Å². The summed E-state index contributed by atoms with van der Waals surface area (Å²) in [5.74, 6) is -0.198. The summed E-state index contributed by atoms with van der Waals surface area (Å²) in [6.07, 6.45) is 1.19. The molecule has 2 N–H and O–H groups in total. The first-order chi connectivity index (χ1) is 10.7. The van der Waals surface area contributed by atoms with E-state index in [0.717, 1.165) is 5.69 Å². The number of nitrogens with one attached hydrogen (secondary N) is 1. The van der Waals surface area contributed by atoms with E-state index in [1.165, 1.54) is 0 Å². The maximum absolute atomic E-state index is 12.4. The average Bonchev–Trinajstić information content (AvgIpc) is 2.88. The average molecular weight is 323 g/mol. The van der Waals surface area contributed by atoms with Gasteiger partial charge in [0.1, 0.15) is 5.69 Å². The van der Waals surface area contributed by atoms with Gasteiger partial charge in [0.2, 0.25) is 0 Å². The molecule has 0 aromatic carbocycles. The summed E-state index contributed by atoms with van der Waals surface area (Å²) in [5.41, 5.74) is 0.145. The van der Waals surface area contributed by atoms with Gasteiger partial charge in [-0.2, -0.15) is 5.10 Å². The number of amides is 1. The Labute approximate surface area is 138 Å². The zero-order valence-corrected chi connectivity index (χ0v) is 14.8. The number of rotatable bonds is 5. The molecule has 2 heterocycles. The van der Waals surface area contributed by atoms with Crippen molar-refractivity contribution in [2.75, 3.05) is 19.8 Å².